The molecular formula is C8H12N2. The lowest BCUT2D eigenvalue weighted by atomic mass is 10.1. The maximum atomic E-state index is 8.44. The van der Waals surface area contributed by atoms with Gasteiger partial charge in [0.1, 0.15) is 0 Å². The maximum absolute atomic E-state index is 8.44. The van der Waals surface area contributed by atoms with Crippen LogP contribution in [0.2, 0.25) is 0 Å². The summed E-state index contributed by atoms with van der Waals surface area (Å²) in [6.45, 7) is 0.992. The third-order valence-corrected chi connectivity index (χ3v) is 1.92. The third-order valence-electron chi connectivity index (χ3n) is 1.92. The van der Waals surface area contributed by atoms with Crippen LogP contribution in [0.3, 0.4) is 0 Å². The molecule has 0 aromatic rings. The van der Waals surface area contributed by atoms with Gasteiger partial charge in [0, 0.05) is 12.6 Å². The molecule has 0 bridgehead atoms. The van der Waals surface area contributed by atoms with E-state index in [0.717, 1.165) is 13.0 Å². The van der Waals surface area contributed by atoms with E-state index in [1.54, 1.807) is 0 Å². The van der Waals surface area contributed by atoms with Crippen molar-refractivity contribution in [3.05, 3.63) is 12.2 Å². The molecule has 0 aliphatic carbocycles. The van der Waals surface area contributed by atoms with Crippen LogP contribution in [0.15, 0.2) is 12.2 Å². The molecular weight excluding hydrogens is 124 g/mol. The summed E-state index contributed by atoms with van der Waals surface area (Å²) < 4.78 is 0. The molecule has 2 heteroatoms. The number of rotatable bonds is 1. The minimum absolute atomic E-state index is 0.454. The van der Waals surface area contributed by atoms with E-state index < -0.39 is 0 Å². The lowest BCUT2D eigenvalue weighted by molar-refractivity contribution is 0.260. The summed E-state index contributed by atoms with van der Waals surface area (Å²) in [5.74, 6) is 0. The summed E-state index contributed by atoms with van der Waals surface area (Å²) >= 11 is 0. The molecule has 1 aliphatic rings. The van der Waals surface area contributed by atoms with E-state index in [-0.39, 0.29) is 0 Å². The minimum Gasteiger partial charge on any atom is -0.298 e. The van der Waals surface area contributed by atoms with Gasteiger partial charge in [0.25, 0.3) is 0 Å². The standard InChI is InChI=1S/C8H12N2/c1-10-7-3-2-4-8(10)5-6-9/h2-3,8H,4-5,7H2,1H3. The van der Waals surface area contributed by atoms with Gasteiger partial charge in [-0.1, -0.05) is 12.2 Å². The van der Waals surface area contributed by atoms with E-state index in [9.17, 15) is 0 Å². The largest absolute Gasteiger partial charge is 0.298 e. The van der Waals surface area contributed by atoms with Gasteiger partial charge in [-0.3, -0.25) is 4.90 Å². The molecule has 0 saturated heterocycles. The summed E-state index contributed by atoms with van der Waals surface area (Å²) in [4.78, 5) is 2.21. The zero-order valence-electron chi connectivity index (χ0n) is 6.25. The van der Waals surface area contributed by atoms with Gasteiger partial charge in [-0.2, -0.15) is 5.26 Å². The molecule has 0 spiro atoms. The number of nitriles is 1. The first-order chi connectivity index (χ1) is 4.84. The lowest BCUT2D eigenvalue weighted by Gasteiger charge is -2.26. The molecule has 10 heavy (non-hydrogen) atoms. The fraction of sp³-hybridized carbons (Fsp3) is 0.625. The molecule has 1 rings (SSSR count). The van der Waals surface area contributed by atoms with Crippen molar-refractivity contribution in [2.24, 2.45) is 0 Å². The average Bonchev–Trinajstić information content (AvgIpc) is 1.94. The van der Waals surface area contributed by atoms with Gasteiger partial charge in [0.2, 0.25) is 0 Å². The van der Waals surface area contributed by atoms with Crippen LogP contribution >= 0.6 is 0 Å². The predicted molar refractivity (Wildman–Crippen MR) is 40.4 cm³/mol. The monoisotopic (exact) mass is 136 g/mol. The molecule has 0 aromatic heterocycles. The predicted octanol–water partition coefficient (Wildman–Crippen LogP) is 1.16. The van der Waals surface area contributed by atoms with Crippen LogP contribution in [0, 0.1) is 11.3 Å². The summed E-state index contributed by atoms with van der Waals surface area (Å²) in [6.07, 6.45) is 5.99. The zero-order valence-corrected chi connectivity index (χ0v) is 6.25. The second kappa shape index (κ2) is 3.38. The molecule has 1 aliphatic heterocycles. The lowest BCUT2D eigenvalue weighted by Crippen LogP contribution is -2.33. The highest BCUT2D eigenvalue weighted by Gasteiger charge is 2.13. The molecule has 1 atom stereocenters. The van der Waals surface area contributed by atoms with Gasteiger partial charge in [-0.15, -0.1) is 0 Å². The molecule has 0 aromatic carbocycles. The molecule has 0 amide bonds. The first kappa shape index (κ1) is 7.30. The highest BCUT2D eigenvalue weighted by Crippen LogP contribution is 2.11. The Bertz CT molecular complexity index is 167. The highest BCUT2D eigenvalue weighted by atomic mass is 15.1. The normalized spacial score (nSPS) is 26.2. The van der Waals surface area contributed by atoms with Gasteiger partial charge < -0.3 is 0 Å². The molecule has 54 valence electrons. The molecule has 0 saturated carbocycles. The fourth-order valence-electron chi connectivity index (χ4n) is 1.17. The van der Waals surface area contributed by atoms with Crippen molar-refractivity contribution < 1.29 is 0 Å². The van der Waals surface area contributed by atoms with E-state index in [0.29, 0.717) is 12.5 Å². The van der Waals surface area contributed by atoms with Gasteiger partial charge in [0.05, 0.1) is 12.5 Å². The van der Waals surface area contributed by atoms with Gasteiger partial charge in [-0.05, 0) is 13.5 Å². The SMILES string of the molecule is CN1CC=CCC1CC#N. The molecule has 0 fully saturated rings. The fourth-order valence-corrected chi connectivity index (χ4v) is 1.17. The summed E-state index contributed by atoms with van der Waals surface area (Å²) in [6, 6.07) is 2.65. The van der Waals surface area contributed by atoms with Crippen molar-refractivity contribution in [1.29, 1.82) is 5.26 Å². The Hall–Kier alpha value is -0.810. The molecule has 2 nitrogen and oxygen atoms in total. The van der Waals surface area contributed by atoms with Crippen molar-refractivity contribution in [2.45, 2.75) is 18.9 Å². The van der Waals surface area contributed by atoms with Gasteiger partial charge in [-0.25, -0.2) is 0 Å². The van der Waals surface area contributed by atoms with E-state index in [2.05, 4.69) is 30.2 Å². The van der Waals surface area contributed by atoms with Crippen LogP contribution in [0.25, 0.3) is 0 Å². The van der Waals surface area contributed by atoms with E-state index in [4.69, 9.17) is 5.26 Å². The maximum Gasteiger partial charge on any atom is 0.0638 e. The Morgan fingerprint density at radius 2 is 2.50 bits per heavy atom. The summed E-state index contributed by atoms with van der Waals surface area (Å²) in [5.41, 5.74) is 0. The van der Waals surface area contributed by atoms with Crippen molar-refractivity contribution in [1.82, 2.24) is 4.90 Å². The first-order valence-electron chi connectivity index (χ1n) is 3.57. The van der Waals surface area contributed by atoms with Crippen LogP contribution in [-0.2, 0) is 0 Å². The van der Waals surface area contributed by atoms with Crippen LogP contribution in [0.4, 0.5) is 0 Å². The van der Waals surface area contributed by atoms with Crippen LogP contribution in [-0.4, -0.2) is 24.5 Å². The minimum atomic E-state index is 0.454. The Morgan fingerprint density at radius 1 is 1.70 bits per heavy atom. The molecule has 1 heterocycles. The van der Waals surface area contributed by atoms with Crippen molar-refractivity contribution >= 4 is 0 Å². The summed E-state index contributed by atoms with van der Waals surface area (Å²) in [7, 11) is 2.06. The Labute approximate surface area is 61.8 Å². The van der Waals surface area contributed by atoms with Crippen LogP contribution < -0.4 is 0 Å². The van der Waals surface area contributed by atoms with Crippen molar-refractivity contribution in [3.8, 4) is 6.07 Å². The number of nitrogens with zero attached hydrogens (tertiary/aromatic N) is 2. The van der Waals surface area contributed by atoms with Gasteiger partial charge in [0.15, 0.2) is 0 Å². The Kier molecular flexibility index (Phi) is 2.47. The van der Waals surface area contributed by atoms with E-state index in [1.807, 2.05) is 0 Å². The summed E-state index contributed by atoms with van der Waals surface area (Å²) in [5, 5.41) is 8.44. The number of likely N-dealkylation sites (N-methyl/N-ethyl adjacent to an activating group) is 1. The second-order valence-corrected chi connectivity index (χ2v) is 2.66. The number of hydrogen-bond donors (Lipinski definition) is 0. The molecule has 0 N–H and O–H groups in total. The quantitative estimate of drug-likeness (QED) is 0.506. The third kappa shape index (κ3) is 1.58. The average molecular weight is 136 g/mol. The molecule has 1 unspecified atom stereocenters. The van der Waals surface area contributed by atoms with Crippen molar-refractivity contribution in [2.75, 3.05) is 13.6 Å². The Morgan fingerprint density at radius 3 is 3.10 bits per heavy atom. The van der Waals surface area contributed by atoms with E-state index in [1.165, 1.54) is 0 Å². The molecule has 0 radical (unpaired) electrons. The van der Waals surface area contributed by atoms with Crippen molar-refractivity contribution in [3.63, 3.8) is 0 Å². The van der Waals surface area contributed by atoms with Gasteiger partial charge >= 0.3 is 0 Å². The zero-order chi connectivity index (χ0) is 7.40. The van der Waals surface area contributed by atoms with E-state index >= 15 is 0 Å². The highest BCUT2D eigenvalue weighted by molar-refractivity contribution is 4.97. The van der Waals surface area contributed by atoms with Crippen LogP contribution in [0.1, 0.15) is 12.8 Å². The second-order valence-electron chi connectivity index (χ2n) is 2.66. The Balaban J connectivity index is 2.44. The smallest absolute Gasteiger partial charge is 0.0638 e. The number of hydrogen-bond acceptors (Lipinski definition) is 2. The topological polar surface area (TPSA) is 27.0 Å². The van der Waals surface area contributed by atoms with Crippen LogP contribution in [0.5, 0.6) is 0 Å². The first-order valence-corrected chi connectivity index (χ1v) is 3.57.